The summed E-state index contributed by atoms with van der Waals surface area (Å²) in [5.74, 6) is 0.0568. The molecule has 0 spiro atoms. The number of hydrogen-bond acceptors (Lipinski definition) is 4. The van der Waals surface area contributed by atoms with Gasteiger partial charge in [-0.05, 0) is 56.5 Å². The van der Waals surface area contributed by atoms with Gasteiger partial charge in [-0.25, -0.2) is 4.79 Å². The lowest BCUT2D eigenvalue weighted by atomic mass is 9.97. The topological polar surface area (TPSA) is 59.0 Å². The molecule has 0 bridgehead atoms. The number of piperidine rings is 1. The number of aliphatic carboxylic acids is 1. The van der Waals surface area contributed by atoms with Crippen molar-refractivity contribution in [2.75, 3.05) is 26.8 Å². The van der Waals surface area contributed by atoms with Gasteiger partial charge in [-0.2, -0.15) is 0 Å². The molecule has 1 atom stereocenters. The molecular formula is C17H24ClNO4. The van der Waals surface area contributed by atoms with Crippen LogP contribution in [0.1, 0.15) is 25.3 Å². The summed E-state index contributed by atoms with van der Waals surface area (Å²) in [5.41, 5.74) is 1.11. The van der Waals surface area contributed by atoms with Crippen LogP contribution in [0.2, 0.25) is 5.02 Å². The van der Waals surface area contributed by atoms with Crippen LogP contribution in [0.5, 0.6) is 5.75 Å². The molecule has 1 heterocycles. The summed E-state index contributed by atoms with van der Waals surface area (Å²) in [7, 11) is 1.75. The summed E-state index contributed by atoms with van der Waals surface area (Å²) in [6.07, 6.45) is 1.38. The fourth-order valence-corrected chi connectivity index (χ4v) is 3.03. The van der Waals surface area contributed by atoms with Gasteiger partial charge in [0.05, 0.1) is 5.02 Å². The second-order valence-electron chi connectivity index (χ2n) is 6.04. The van der Waals surface area contributed by atoms with Gasteiger partial charge in [0.25, 0.3) is 0 Å². The normalized spacial score (nSPS) is 17.9. The van der Waals surface area contributed by atoms with E-state index in [4.69, 9.17) is 26.2 Å². The number of halogens is 1. The van der Waals surface area contributed by atoms with E-state index in [0.29, 0.717) is 16.7 Å². The van der Waals surface area contributed by atoms with E-state index in [0.717, 1.165) is 44.6 Å². The smallest absolute Gasteiger partial charge is 0.344 e. The molecule has 0 saturated carbocycles. The number of carboxylic acids is 1. The summed E-state index contributed by atoms with van der Waals surface area (Å²) in [6.45, 7) is 5.28. The minimum Gasteiger partial charge on any atom is -0.479 e. The highest BCUT2D eigenvalue weighted by Crippen LogP contribution is 2.28. The average Bonchev–Trinajstić information content (AvgIpc) is 2.52. The molecule has 1 aromatic carbocycles. The SMILES string of the molecule is COCC1CCN(Cc2ccc(OC(C)C(=O)O)c(Cl)c2)CC1. The Morgan fingerprint density at radius 2 is 2.13 bits per heavy atom. The third-order valence-electron chi connectivity index (χ3n) is 4.16. The predicted octanol–water partition coefficient (Wildman–Crippen LogP) is 3.05. The van der Waals surface area contributed by atoms with Crippen LogP contribution in [0.4, 0.5) is 0 Å². The van der Waals surface area contributed by atoms with Crippen molar-refractivity contribution in [2.45, 2.75) is 32.4 Å². The average molecular weight is 342 g/mol. The van der Waals surface area contributed by atoms with Gasteiger partial charge in [-0.1, -0.05) is 17.7 Å². The fraction of sp³-hybridized carbons (Fsp3) is 0.588. The monoisotopic (exact) mass is 341 g/mol. The lowest BCUT2D eigenvalue weighted by Gasteiger charge is -2.31. The molecule has 23 heavy (non-hydrogen) atoms. The highest BCUT2D eigenvalue weighted by molar-refractivity contribution is 6.32. The molecule has 1 aromatic rings. The van der Waals surface area contributed by atoms with Gasteiger partial charge in [0, 0.05) is 20.3 Å². The van der Waals surface area contributed by atoms with Gasteiger partial charge in [0.2, 0.25) is 0 Å². The lowest BCUT2D eigenvalue weighted by molar-refractivity contribution is -0.144. The first-order valence-corrected chi connectivity index (χ1v) is 8.26. The number of nitrogens with zero attached hydrogens (tertiary/aromatic N) is 1. The van der Waals surface area contributed by atoms with Gasteiger partial charge in [0.15, 0.2) is 6.10 Å². The van der Waals surface area contributed by atoms with Crippen LogP contribution in [0.15, 0.2) is 18.2 Å². The van der Waals surface area contributed by atoms with E-state index in [1.807, 2.05) is 12.1 Å². The number of ether oxygens (including phenoxy) is 2. The predicted molar refractivity (Wildman–Crippen MR) is 89.1 cm³/mol. The molecule has 1 aliphatic rings. The van der Waals surface area contributed by atoms with Crippen LogP contribution in [-0.4, -0.2) is 48.9 Å². The number of hydrogen-bond donors (Lipinski definition) is 1. The Morgan fingerprint density at radius 1 is 1.43 bits per heavy atom. The number of carbonyl (C=O) groups is 1. The van der Waals surface area contributed by atoms with Crippen molar-refractivity contribution in [2.24, 2.45) is 5.92 Å². The largest absolute Gasteiger partial charge is 0.479 e. The Bertz CT molecular complexity index is 529. The zero-order valence-electron chi connectivity index (χ0n) is 13.6. The molecule has 1 fully saturated rings. The molecule has 1 unspecified atom stereocenters. The van der Waals surface area contributed by atoms with Crippen molar-refractivity contribution in [1.29, 1.82) is 0 Å². The standard InChI is InChI=1S/C17H24ClNO4/c1-12(17(20)21)23-16-4-3-14(9-15(16)18)10-19-7-5-13(6-8-19)11-22-2/h3-4,9,12-13H,5-8,10-11H2,1-2H3,(H,20,21). The van der Waals surface area contributed by atoms with E-state index in [2.05, 4.69) is 4.90 Å². The molecular weight excluding hydrogens is 318 g/mol. The molecule has 128 valence electrons. The maximum atomic E-state index is 10.8. The molecule has 6 heteroatoms. The fourth-order valence-electron chi connectivity index (χ4n) is 2.78. The Balaban J connectivity index is 1.90. The Labute approximate surface area is 142 Å². The first-order valence-electron chi connectivity index (χ1n) is 7.88. The first-order chi connectivity index (χ1) is 11.0. The highest BCUT2D eigenvalue weighted by atomic mass is 35.5. The second kappa shape index (κ2) is 8.52. The summed E-state index contributed by atoms with van der Waals surface area (Å²) in [5, 5.41) is 9.33. The van der Waals surface area contributed by atoms with E-state index >= 15 is 0 Å². The molecule has 0 amide bonds. The minimum atomic E-state index is -1.01. The minimum absolute atomic E-state index is 0.407. The van der Waals surface area contributed by atoms with Gasteiger partial charge in [0.1, 0.15) is 5.75 Å². The number of methoxy groups -OCH3 is 1. The number of carboxylic acid groups (broad SMARTS) is 1. The van der Waals surface area contributed by atoms with Crippen LogP contribution in [0.25, 0.3) is 0 Å². The van der Waals surface area contributed by atoms with Crippen LogP contribution in [0, 0.1) is 5.92 Å². The zero-order valence-corrected chi connectivity index (χ0v) is 14.4. The molecule has 1 N–H and O–H groups in total. The lowest BCUT2D eigenvalue weighted by Crippen LogP contribution is -2.34. The third-order valence-corrected chi connectivity index (χ3v) is 4.46. The van der Waals surface area contributed by atoms with E-state index in [1.54, 1.807) is 13.2 Å². The number of likely N-dealkylation sites (tertiary alicyclic amines) is 1. The molecule has 1 aliphatic heterocycles. The number of benzene rings is 1. The van der Waals surface area contributed by atoms with Crippen molar-refractivity contribution >= 4 is 17.6 Å². The molecule has 0 aliphatic carbocycles. The van der Waals surface area contributed by atoms with Crippen molar-refractivity contribution in [1.82, 2.24) is 4.90 Å². The highest BCUT2D eigenvalue weighted by Gasteiger charge is 2.20. The van der Waals surface area contributed by atoms with Gasteiger partial charge in [-0.3, -0.25) is 4.90 Å². The van der Waals surface area contributed by atoms with Crippen molar-refractivity contribution < 1.29 is 19.4 Å². The molecule has 0 radical (unpaired) electrons. The van der Waals surface area contributed by atoms with Crippen LogP contribution >= 0.6 is 11.6 Å². The molecule has 1 saturated heterocycles. The summed E-state index contributed by atoms with van der Waals surface area (Å²) in [6, 6.07) is 5.54. The van der Waals surface area contributed by atoms with E-state index in [-0.39, 0.29) is 0 Å². The summed E-state index contributed by atoms with van der Waals surface area (Å²) < 4.78 is 10.6. The number of rotatable bonds is 7. The van der Waals surface area contributed by atoms with Gasteiger partial charge >= 0.3 is 5.97 Å². The molecule has 5 nitrogen and oxygen atoms in total. The van der Waals surface area contributed by atoms with Crippen molar-refractivity contribution in [3.05, 3.63) is 28.8 Å². The van der Waals surface area contributed by atoms with Crippen LogP contribution in [-0.2, 0) is 16.1 Å². The first kappa shape index (κ1) is 18.0. The van der Waals surface area contributed by atoms with E-state index in [9.17, 15) is 4.79 Å². The van der Waals surface area contributed by atoms with Crippen molar-refractivity contribution in [3.63, 3.8) is 0 Å². The van der Waals surface area contributed by atoms with E-state index in [1.165, 1.54) is 6.92 Å². The van der Waals surface area contributed by atoms with Crippen LogP contribution < -0.4 is 4.74 Å². The third kappa shape index (κ3) is 5.37. The summed E-state index contributed by atoms with van der Waals surface area (Å²) >= 11 is 6.21. The maximum absolute atomic E-state index is 10.8. The second-order valence-corrected chi connectivity index (χ2v) is 6.45. The van der Waals surface area contributed by atoms with Gasteiger partial charge in [-0.15, -0.1) is 0 Å². The van der Waals surface area contributed by atoms with Crippen LogP contribution in [0.3, 0.4) is 0 Å². The Hall–Kier alpha value is -1.30. The quantitative estimate of drug-likeness (QED) is 0.826. The summed E-state index contributed by atoms with van der Waals surface area (Å²) in [4.78, 5) is 13.2. The maximum Gasteiger partial charge on any atom is 0.344 e. The van der Waals surface area contributed by atoms with Crippen molar-refractivity contribution in [3.8, 4) is 5.75 Å². The Morgan fingerprint density at radius 3 is 2.70 bits per heavy atom. The Kier molecular flexibility index (Phi) is 6.69. The molecule has 0 aromatic heterocycles. The zero-order chi connectivity index (χ0) is 16.8. The molecule has 2 rings (SSSR count). The van der Waals surface area contributed by atoms with Gasteiger partial charge < -0.3 is 14.6 Å². The van der Waals surface area contributed by atoms with E-state index < -0.39 is 12.1 Å².